The Morgan fingerprint density at radius 1 is 1.16 bits per heavy atom. The standard InChI is InChI=1S/C29H31NO8/c1-7-8-37-17-9-14(2)18(15(3)10-17)13-30-28(35)24-21(36-6)11-20(33)25-26(24)38-22-12-19(32)23(16(4)31)27(34)29(22,25)5/h9-12,23,33H,7-8,13H2,1-6H3,(H,30,35)/t23?,29-/m1/s1. The highest BCUT2D eigenvalue weighted by Crippen LogP contribution is 2.56. The van der Waals surface area contributed by atoms with Gasteiger partial charge in [-0.15, -0.1) is 0 Å². The number of methoxy groups -OCH3 is 1. The number of amides is 1. The van der Waals surface area contributed by atoms with Crippen molar-refractivity contribution < 1.29 is 38.5 Å². The first-order valence-electron chi connectivity index (χ1n) is 12.4. The number of aryl methyl sites for hydroxylation is 2. The largest absolute Gasteiger partial charge is 0.507 e. The number of Topliss-reactive ketones (excluding diaryl/α,β-unsaturated/α-hetero) is 2. The molecule has 2 aliphatic rings. The van der Waals surface area contributed by atoms with Crippen molar-refractivity contribution in [2.24, 2.45) is 5.92 Å². The summed E-state index contributed by atoms with van der Waals surface area (Å²) in [5.41, 5.74) is 1.16. The number of hydrogen-bond donors (Lipinski definition) is 2. The highest BCUT2D eigenvalue weighted by atomic mass is 16.5. The Morgan fingerprint density at radius 3 is 2.39 bits per heavy atom. The zero-order valence-corrected chi connectivity index (χ0v) is 22.3. The fourth-order valence-corrected chi connectivity index (χ4v) is 5.14. The Bertz CT molecular complexity index is 1380. The second kappa shape index (κ2) is 9.96. The zero-order valence-electron chi connectivity index (χ0n) is 22.3. The van der Waals surface area contributed by atoms with Gasteiger partial charge in [0, 0.05) is 18.7 Å². The maximum absolute atomic E-state index is 13.5. The SMILES string of the molecule is CCCOc1cc(C)c(CNC(=O)c2c(OC)cc(O)c3c2OC2=CC(=O)C(C(C)=O)C(=O)[C@]23C)c(C)c1. The predicted octanol–water partition coefficient (Wildman–Crippen LogP) is 3.63. The van der Waals surface area contributed by atoms with Gasteiger partial charge in [0.1, 0.15) is 45.7 Å². The van der Waals surface area contributed by atoms with Gasteiger partial charge in [-0.2, -0.15) is 0 Å². The molecule has 2 N–H and O–H groups in total. The molecular formula is C29H31NO8. The number of allylic oxidation sites excluding steroid dienone is 2. The van der Waals surface area contributed by atoms with Gasteiger partial charge in [-0.05, 0) is 62.9 Å². The van der Waals surface area contributed by atoms with Crippen molar-refractivity contribution in [3.63, 3.8) is 0 Å². The summed E-state index contributed by atoms with van der Waals surface area (Å²) in [7, 11) is 1.34. The minimum Gasteiger partial charge on any atom is -0.507 e. The lowest BCUT2D eigenvalue weighted by molar-refractivity contribution is -0.140. The van der Waals surface area contributed by atoms with E-state index in [1.54, 1.807) is 0 Å². The van der Waals surface area contributed by atoms with Crippen molar-refractivity contribution in [1.29, 1.82) is 0 Å². The number of nitrogens with one attached hydrogen (secondary N) is 1. The number of phenolic OH excluding ortho intramolecular Hbond substituents is 1. The average Bonchev–Trinajstić information content (AvgIpc) is 3.15. The Labute approximate surface area is 220 Å². The van der Waals surface area contributed by atoms with E-state index in [2.05, 4.69) is 5.32 Å². The van der Waals surface area contributed by atoms with E-state index in [-0.39, 0.29) is 40.7 Å². The summed E-state index contributed by atoms with van der Waals surface area (Å²) < 4.78 is 17.0. The van der Waals surface area contributed by atoms with Gasteiger partial charge in [-0.1, -0.05) is 6.92 Å². The van der Waals surface area contributed by atoms with Crippen LogP contribution in [0.25, 0.3) is 0 Å². The van der Waals surface area contributed by atoms with Crippen LogP contribution in [0.2, 0.25) is 0 Å². The van der Waals surface area contributed by atoms with E-state index in [9.17, 15) is 24.3 Å². The monoisotopic (exact) mass is 521 g/mol. The van der Waals surface area contributed by atoms with E-state index in [4.69, 9.17) is 14.2 Å². The summed E-state index contributed by atoms with van der Waals surface area (Å²) in [5, 5.41) is 13.8. The molecule has 2 aromatic rings. The number of ether oxygens (including phenoxy) is 3. The molecule has 0 spiro atoms. The third kappa shape index (κ3) is 4.21. The van der Waals surface area contributed by atoms with Crippen LogP contribution in [-0.2, 0) is 26.3 Å². The lowest BCUT2D eigenvalue weighted by Gasteiger charge is -2.30. The van der Waals surface area contributed by atoms with Crippen LogP contribution in [0, 0.1) is 19.8 Å². The van der Waals surface area contributed by atoms with Gasteiger partial charge in [-0.3, -0.25) is 19.2 Å². The molecule has 4 rings (SSSR count). The molecule has 0 aromatic heterocycles. The average molecular weight is 522 g/mol. The third-order valence-corrected chi connectivity index (χ3v) is 7.16. The molecule has 1 aliphatic carbocycles. The summed E-state index contributed by atoms with van der Waals surface area (Å²) >= 11 is 0. The number of carbonyl (C=O) groups excluding carboxylic acids is 4. The zero-order chi connectivity index (χ0) is 27.9. The highest BCUT2D eigenvalue weighted by molar-refractivity contribution is 6.27. The fourth-order valence-electron chi connectivity index (χ4n) is 5.14. The fraction of sp³-hybridized carbons (Fsp3) is 0.379. The number of benzene rings is 2. The van der Waals surface area contributed by atoms with Crippen molar-refractivity contribution in [3.05, 3.63) is 57.9 Å². The molecule has 1 aliphatic heterocycles. The van der Waals surface area contributed by atoms with Crippen molar-refractivity contribution in [3.8, 4) is 23.0 Å². The number of aromatic hydroxyl groups is 1. The molecule has 9 nitrogen and oxygen atoms in total. The summed E-state index contributed by atoms with van der Waals surface area (Å²) in [5.74, 6) is -3.78. The molecule has 38 heavy (non-hydrogen) atoms. The van der Waals surface area contributed by atoms with Crippen molar-refractivity contribution >= 4 is 23.3 Å². The van der Waals surface area contributed by atoms with Crippen LogP contribution in [0.15, 0.2) is 30.0 Å². The lowest BCUT2D eigenvalue weighted by Crippen LogP contribution is -2.47. The number of ketones is 3. The third-order valence-electron chi connectivity index (χ3n) is 7.16. The van der Waals surface area contributed by atoms with Gasteiger partial charge in [-0.25, -0.2) is 0 Å². The molecule has 2 atom stereocenters. The summed E-state index contributed by atoms with van der Waals surface area (Å²) in [4.78, 5) is 51.6. The minimum atomic E-state index is -1.62. The first-order chi connectivity index (χ1) is 17.9. The van der Waals surface area contributed by atoms with E-state index in [1.807, 2.05) is 32.9 Å². The van der Waals surface area contributed by atoms with E-state index < -0.39 is 34.6 Å². The van der Waals surface area contributed by atoms with Gasteiger partial charge >= 0.3 is 0 Å². The molecule has 1 heterocycles. The molecule has 9 heteroatoms. The normalized spacial score (nSPS) is 19.7. The highest BCUT2D eigenvalue weighted by Gasteiger charge is 2.58. The number of hydrogen-bond acceptors (Lipinski definition) is 8. The van der Waals surface area contributed by atoms with Crippen LogP contribution < -0.4 is 19.5 Å². The maximum Gasteiger partial charge on any atom is 0.259 e. The van der Waals surface area contributed by atoms with E-state index in [0.717, 1.165) is 34.9 Å². The number of rotatable bonds is 8. The molecule has 0 radical (unpaired) electrons. The molecule has 1 unspecified atom stereocenters. The summed E-state index contributed by atoms with van der Waals surface area (Å²) in [6.07, 6.45) is 1.98. The smallest absolute Gasteiger partial charge is 0.259 e. The van der Waals surface area contributed by atoms with Gasteiger partial charge < -0.3 is 24.6 Å². The number of fused-ring (bicyclic) bond motifs is 3. The van der Waals surface area contributed by atoms with Crippen molar-refractivity contribution in [2.75, 3.05) is 13.7 Å². The summed E-state index contributed by atoms with van der Waals surface area (Å²) in [6, 6.07) is 5.06. The van der Waals surface area contributed by atoms with Gasteiger partial charge in [0.25, 0.3) is 5.91 Å². The first-order valence-corrected chi connectivity index (χ1v) is 12.4. The van der Waals surface area contributed by atoms with Crippen LogP contribution in [0.3, 0.4) is 0 Å². The molecule has 0 saturated heterocycles. The van der Waals surface area contributed by atoms with Crippen LogP contribution in [0.4, 0.5) is 0 Å². The Kier molecular flexibility index (Phi) is 7.06. The minimum absolute atomic E-state index is 0.0169. The van der Waals surface area contributed by atoms with Gasteiger partial charge in [0.2, 0.25) is 0 Å². The van der Waals surface area contributed by atoms with Crippen LogP contribution in [-0.4, -0.2) is 42.1 Å². The number of phenols is 1. The Balaban J connectivity index is 1.72. The topological polar surface area (TPSA) is 128 Å². The van der Waals surface area contributed by atoms with E-state index >= 15 is 0 Å². The van der Waals surface area contributed by atoms with Crippen molar-refractivity contribution in [2.45, 2.75) is 53.0 Å². The molecule has 0 saturated carbocycles. The molecule has 2 aromatic carbocycles. The van der Waals surface area contributed by atoms with Crippen LogP contribution in [0.1, 0.15) is 59.8 Å². The second-order valence-electron chi connectivity index (χ2n) is 9.79. The predicted molar refractivity (Wildman–Crippen MR) is 138 cm³/mol. The van der Waals surface area contributed by atoms with Crippen LogP contribution >= 0.6 is 0 Å². The van der Waals surface area contributed by atoms with Crippen molar-refractivity contribution in [1.82, 2.24) is 5.32 Å². The molecule has 1 amide bonds. The summed E-state index contributed by atoms with van der Waals surface area (Å²) in [6.45, 7) is 9.33. The molecule has 0 bridgehead atoms. The lowest BCUT2D eigenvalue weighted by atomic mass is 9.67. The molecule has 0 fully saturated rings. The van der Waals surface area contributed by atoms with E-state index in [1.165, 1.54) is 27.0 Å². The van der Waals surface area contributed by atoms with Crippen LogP contribution in [0.5, 0.6) is 23.0 Å². The number of carbonyl (C=O) groups is 4. The van der Waals surface area contributed by atoms with Gasteiger partial charge in [0.05, 0.1) is 19.3 Å². The first kappa shape index (κ1) is 26.9. The second-order valence-corrected chi connectivity index (χ2v) is 9.79. The Hall–Kier alpha value is -4.14. The molecule has 200 valence electrons. The quantitative estimate of drug-likeness (QED) is 0.504. The maximum atomic E-state index is 13.5. The van der Waals surface area contributed by atoms with Gasteiger partial charge in [0.15, 0.2) is 17.3 Å². The van der Waals surface area contributed by atoms with E-state index in [0.29, 0.717) is 6.61 Å². The Morgan fingerprint density at radius 2 is 1.82 bits per heavy atom. The molecular weight excluding hydrogens is 490 g/mol.